The highest BCUT2D eigenvalue weighted by atomic mass is 32.2. The maximum Gasteiger partial charge on any atom is 0.281 e. The molecule has 1 N–H and O–H groups in total. The summed E-state index contributed by atoms with van der Waals surface area (Å²) in [6, 6.07) is 1.65. The van der Waals surface area contributed by atoms with Crippen LogP contribution >= 0.6 is 0 Å². The fourth-order valence-corrected chi connectivity index (χ4v) is 4.00. The van der Waals surface area contributed by atoms with Crippen molar-refractivity contribution in [3.8, 4) is 0 Å². The lowest BCUT2D eigenvalue weighted by Gasteiger charge is -2.35. The van der Waals surface area contributed by atoms with Gasteiger partial charge in [-0.1, -0.05) is 18.5 Å². The molecule has 142 valence electrons. The van der Waals surface area contributed by atoms with Crippen LogP contribution < -0.4 is 5.32 Å². The van der Waals surface area contributed by atoms with E-state index in [0.29, 0.717) is 44.3 Å². The largest absolute Gasteiger partial charge is 0.360 e. The minimum atomic E-state index is -3.41. The van der Waals surface area contributed by atoms with Crippen molar-refractivity contribution in [2.45, 2.75) is 26.7 Å². The van der Waals surface area contributed by atoms with Crippen LogP contribution in [0.3, 0.4) is 0 Å². The predicted molar refractivity (Wildman–Crippen MR) is 94.3 cm³/mol. The SMILES string of the molecule is CCCCN(C)S(=O)(=O)N1CCN(CC(=O)Nc2cc(C)on2)CC1. The zero-order valence-corrected chi connectivity index (χ0v) is 15.9. The zero-order valence-electron chi connectivity index (χ0n) is 15.1. The van der Waals surface area contributed by atoms with Crippen molar-refractivity contribution in [1.29, 1.82) is 0 Å². The molecule has 1 aliphatic rings. The zero-order chi connectivity index (χ0) is 18.4. The Labute approximate surface area is 149 Å². The number of nitrogens with zero attached hydrogens (tertiary/aromatic N) is 4. The first-order chi connectivity index (χ1) is 11.8. The van der Waals surface area contributed by atoms with Crippen LogP contribution in [0.5, 0.6) is 0 Å². The van der Waals surface area contributed by atoms with Gasteiger partial charge in [-0.25, -0.2) is 0 Å². The minimum Gasteiger partial charge on any atom is -0.360 e. The van der Waals surface area contributed by atoms with Crippen LogP contribution in [0.25, 0.3) is 0 Å². The van der Waals surface area contributed by atoms with Crippen LogP contribution in [-0.4, -0.2) is 79.3 Å². The average Bonchev–Trinajstić information content (AvgIpc) is 2.97. The number of carbonyl (C=O) groups is 1. The average molecular weight is 373 g/mol. The number of aryl methyl sites for hydroxylation is 1. The van der Waals surface area contributed by atoms with Gasteiger partial charge < -0.3 is 9.84 Å². The molecule has 0 aliphatic carbocycles. The molecule has 2 heterocycles. The van der Waals surface area contributed by atoms with Crippen LogP contribution in [0.4, 0.5) is 5.82 Å². The molecule has 1 aromatic heterocycles. The Morgan fingerprint density at radius 1 is 1.36 bits per heavy atom. The van der Waals surface area contributed by atoms with E-state index in [1.54, 1.807) is 20.0 Å². The van der Waals surface area contributed by atoms with Gasteiger partial charge in [-0.2, -0.15) is 17.0 Å². The molecular weight excluding hydrogens is 346 g/mol. The molecule has 25 heavy (non-hydrogen) atoms. The standard InChI is InChI=1S/C15H27N5O4S/c1-4-5-6-18(3)25(22,23)20-9-7-19(8-10-20)12-15(21)16-14-11-13(2)24-17-14/h11H,4-10,12H2,1-3H3,(H,16,17,21). The summed E-state index contributed by atoms with van der Waals surface area (Å²) in [4.78, 5) is 14.0. The smallest absolute Gasteiger partial charge is 0.281 e. The molecule has 1 fully saturated rings. The number of piperazine rings is 1. The molecule has 0 radical (unpaired) electrons. The number of amides is 1. The van der Waals surface area contributed by atoms with E-state index in [9.17, 15) is 13.2 Å². The van der Waals surface area contributed by atoms with Crippen LogP contribution in [0, 0.1) is 6.92 Å². The van der Waals surface area contributed by atoms with Crippen LogP contribution in [0.2, 0.25) is 0 Å². The summed E-state index contributed by atoms with van der Waals surface area (Å²) in [6.07, 6.45) is 1.80. The Morgan fingerprint density at radius 2 is 2.04 bits per heavy atom. The number of rotatable bonds is 8. The van der Waals surface area contributed by atoms with Gasteiger partial charge in [-0.3, -0.25) is 9.69 Å². The van der Waals surface area contributed by atoms with Crippen molar-refractivity contribution in [2.75, 3.05) is 51.6 Å². The third-order valence-electron chi connectivity index (χ3n) is 4.14. The van der Waals surface area contributed by atoms with Crippen LogP contribution in [-0.2, 0) is 15.0 Å². The summed E-state index contributed by atoms with van der Waals surface area (Å²) in [5.74, 6) is 0.826. The number of hydrogen-bond donors (Lipinski definition) is 1. The molecule has 1 saturated heterocycles. The highest BCUT2D eigenvalue weighted by molar-refractivity contribution is 7.86. The molecule has 0 spiro atoms. The summed E-state index contributed by atoms with van der Waals surface area (Å²) in [6.45, 7) is 6.32. The molecule has 1 aromatic rings. The second-order valence-corrected chi connectivity index (χ2v) is 8.26. The summed E-state index contributed by atoms with van der Waals surface area (Å²) in [7, 11) is -1.80. The highest BCUT2D eigenvalue weighted by Gasteiger charge is 2.30. The maximum absolute atomic E-state index is 12.5. The van der Waals surface area contributed by atoms with Crippen molar-refractivity contribution in [1.82, 2.24) is 18.7 Å². The predicted octanol–water partition coefficient (Wildman–Crippen LogP) is 0.516. The molecule has 0 aromatic carbocycles. The lowest BCUT2D eigenvalue weighted by Crippen LogP contribution is -2.53. The summed E-state index contributed by atoms with van der Waals surface area (Å²) < 4.78 is 32.8. The normalized spacial score (nSPS) is 17.1. The Balaban J connectivity index is 1.79. The highest BCUT2D eigenvalue weighted by Crippen LogP contribution is 2.12. The van der Waals surface area contributed by atoms with E-state index in [4.69, 9.17) is 4.52 Å². The molecular formula is C15H27N5O4S. The first-order valence-electron chi connectivity index (χ1n) is 8.50. The minimum absolute atomic E-state index is 0.190. The molecule has 1 amide bonds. The molecule has 9 nitrogen and oxygen atoms in total. The molecule has 10 heteroatoms. The van der Waals surface area contributed by atoms with E-state index in [1.165, 1.54) is 8.61 Å². The van der Waals surface area contributed by atoms with Crippen molar-refractivity contribution < 1.29 is 17.7 Å². The van der Waals surface area contributed by atoms with Gasteiger partial charge in [0.2, 0.25) is 5.91 Å². The van der Waals surface area contributed by atoms with Crippen molar-refractivity contribution >= 4 is 21.9 Å². The number of hydrogen-bond acceptors (Lipinski definition) is 6. The molecule has 0 atom stereocenters. The van der Waals surface area contributed by atoms with E-state index < -0.39 is 10.2 Å². The number of anilines is 1. The summed E-state index contributed by atoms with van der Waals surface area (Å²) >= 11 is 0. The van der Waals surface area contributed by atoms with Gasteiger partial charge in [-0.15, -0.1) is 0 Å². The molecule has 2 rings (SSSR count). The third kappa shape index (κ3) is 5.50. The van der Waals surface area contributed by atoms with Crippen molar-refractivity contribution in [2.24, 2.45) is 0 Å². The number of carbonyl (C=O) groups excluding carboxylic acids is 1. The Kier molecular flexibility index (Phi) is 6.94. The lowest BCUT2D eigenvalue weighted by atomic mass is 10.3. The quantitative estimate of drug-likeness (QED) is 0.713. The Bertz CT molecular complexity index is 667. The summed E-state index contributed by atoms with van der Waals surface area (Å²) in [5, 5.41) is 6.39. The van der Waals surface area contributed by atoms with E-state index in [1.807, 2.05) is 11.8 Å². The van der Waals surface area contributed by atoms with E-state index in [2.05, 4.69) is 10.5 Å². The number of nitrogens with one attached hydrogen (secondary N) is 1. The van der Waals surface area contributed by atoms with Crippen molar-refractivity contribution in [3.63, 3.8) is 0 Å². The van der Waals surface area contributed by atoms with Gasteiger partial charge in [0.1, 0.15) is 5.76 Å². The van der Waals surface area contributed by atoms with Crippen LogP contribution in [0.15, 0.2) is 10.6 Å². The Hall–Kier alpha value is -1.49. The topological polar surface area (TPSA) is 99.0 Å². The van der Waals surface area contributed by atoms with Gasteiger partial charge in [-0.05, 0) is 13.3 Å². The maximum atomic E-state index is 12.5. The Morgan fingerprint density at radius 3 is 2.60 bits per heavy atom. The van der Waals surface area contributed by atoms with E-state index >= 15 is 0 Å². The number of unbranched alkanes of at least 4 members (excludes halogenated alkanes) is 1. The first kappa shape index (κ1) is 19.8. The second kappa shape index (κ2) is 8.75. The van der Waals surface area contributed by atoms with Gasteiger partial charge in [0, 0.05) is 45.8 Å². The summed E-state index contributed by atoms with van der Waals surface area (Å²) in [5.41, 5.74) is 0. The molecule has 0 bridgehead atoms. The first-order valence-corrected chi connectivity index (χ1v) is 9.89. The van der Waals surface area contributed by atoms with Gasteiger partial charge in [0.25, 0.3) is 10.2 Å². The molecule has 0 saturated carbocycles. The molecule has 1 aliphatic heterocycles. The second-order valence-electron chi connectivity index (χ2n) is 6.23. The molecule has 0 unspecified atom stereocenters. The lowest BCUT2D eigenvalue weighted by molar-refractivity contribution is -0.117. The van der Waals surface area contributed by atoms with Gasteiger partial charge >= 0.3 is 0 Å². The fourth-order valence-electron chi connectivity index (χ4n) is 2.62. The monoisotopic (exact) mass is 373 g/mol. The van der Waals surface area contributed by atoms with E-state index in [-0.39, 0.29) is 12.5 Å². The van der Waals surface area contributed by atoms with E-state index in [0.717, 1.165) is 12.8 Å². The fraction of sp³-hybridized carbons (Fsp3) is 0.733. The van der Waals surface area contributed by atoms with Gasteiger partial charge in [0.05, 0.1) is 6.54 Å². The van der Waals surface area contributed by atoms with Crippen LogP contribution in [0.1, 0.15) is 25.5 Å². The third-order valence-corrected chi connectivity index (χ3v) is 6.13. The van der Waals surface area contributed by atoms with Gasteiger partial charge in [0.15, 0.2) is 5.82 Å². The number of aromatic nitrogens is 1. The van der Waals surface area contributed by atoms with Crippen molar-refractivity contribution in [3.05, 3.63) is 11.8 Å².